The van der Waals surface area contributed by atoms with Crippen LogP contribution >= 0.6 is 0 Å². The maximum Gasteiger partial charge on any atom is 0.257 e. The maximum atomic E-state index is 12.8. The van der Waals surface area contributed by atoms with Crippen LogP contribution in [0.2, 0.25) is 0 Å². The maximum absolute atomic E-state index is 12.8. The van der Waals surface area contributed by atoms with Crippen LogP contribution in [0.4, 0.5) is 0 Å². The highest BCUT2D eigenvalue weighted by atomic mass is 16.3. The van der Waals surface area contributed by atoms with E-state index in [4.69, 9.17) is 9.40 Å². The molecule has 5 rings (SSSR count). The van der Waals surface area contributed by atoms with Gasteiger partial charge in [0, 0.05) is 24.9 Å². The molecule has 1 saturated heterocycles. The number of likely N-dealkylation sites (tertiary alicyclic amines) is 1. The summed E-state index contributed by atoms with van der Waals surface area (Å²) in [7, 11) is 0. The van der Waals surface area contributed by atoms with Crippen LogP contribution < -0.4 is 0 Å². The Hall–Kier alpha value is -2.11. The largest absolute Gasteiger partial charge is 0.469 e. The van der Waals surface area contributed by atoms with Crippen LogP contribution in [0.1, 0.15) is 65.3 Å². The van der Waals surface area contributed by atoms with E-state index in [1.54, 1.807) is 6.26 Å². The summed E-state index contributed by atoms with van der Waals surface area (Å²) < 4.78 is 5.30. The van der Waals surface area contributed by atoms with Gasteiger partial charge in [0.1, 0.15) is 17.8 Å². The molecule has 0 bridgehead atoms. The number of nitrogens with one attached hydrogen (secondary N) is 1. The van der Waals surface area contributed by atoms with Crippen molar-refractivity contribution in [3.05, 3.63) is 35.3 Å². The highest BCUT2D eigenvalue weighted by molar-refractivity contribution is 5.94. The molecule has 1 amide bonds. The van der Waals surface area contributed by atoms with E-state index in [0.717, 1.165) is 36.4 Å². The first kappa shape index (κ1) is 14.3. The third kappa shape index (κ3) is 2.44. The lowest BCUT2D eigenvalue weighted by Crippen LogP contribution is -2.28. The molecule has 3 heterocycles. The molecule has 6 heteroatoms. The molecule has 2 aromatic rings. The third-order valence-corrected chi connectivity index (χ3v) is 5.67. The minimum atomic E-state index is 0.0712. The number of aromatic amines is 1. The van der Waals surface area contributed by atoms with Crippen molar-refractivity contribution < 1.29 is 9.21 Å². The zero-order valence-electron chi connectivity index (χ0n) is 13.9. The van der Waals surface area contributed by atoms with Gasteiger partial charge in [0.05, 0.1) is 5.56 Å². The summed E-state index contributed by atoms with van der Waals surface area (Å²) in [5.74, 6) is 4.87. The summed E-state index contributed by atoms with van der Waals surface area (Å²) in [4.78, 5) is 19.5. The Labute approximate surface area is 140 Å². The fourth-order valence-electron chi connectivity index (χ4n) is 4.00. The van der Waals surface area contributed by atoms with Crippen molar-refractivity contribution in [3.63, 3.8) is 0 Å². The number of hydrogen-bond donors (Lipinski definition) is 1. The smallest absolute Gasteiger partial charge is 0.257 e. The van der Waals surface area contributed by atoms with Crippen molar-refractivity contribution in [1.29, 1.82) is 0 Å². The van der Waals surface area contributed by atoms with E-state index >= 15 is 0 Å². The highest BCUT2D eigenvalue weighted by Gasteiger charge is 2.46. The number of nitrogens with zero attached hydrogens (tertiary/aromatic N) is 3. The molecule has 2 aromatic heterocycles. The third-order valence-electron chi connectivity index (χ3n) is 5.67. The molecular weight excluding hydrogens is 304 g/mol. The number of carbonyl (C=O) groups is 1. The van der Waals surface area contributed by atoms with Crippen molar-refractivity contribution in [3.8, 4) is 0 Å². The molecule has 0 spiro atoms. The van der Waals surface area contributed by atoms with E-state index in [1.165, 1.54) is 25.7 Å². The average Bonchev–Trinajstić information content (AvgIpc) is 3.47. The molecule has 3 fully saturated rings. The van der Waals surface area contributed by atoms with Gasteiger partial charge in [0.15, 0.2) is 5.82 Å². The van der Waals surface area contributed by atoms with Crippen molar-refractivity contribution in [2.75, 3.05) is 13.1 Å². The fourth-order valence-corrected chi connectivity index (χ4v) is 4.00. The number of rotatable bonds is 4. The van der Waals surface area contributed by atoms with E-state index in [2.05, 4.69) is 10.2 Å². The van der Waals surface area contributed by atoms with Crippen LogP contribution in [0.5, 0.6) is 0 Å². The van der Waals surface area contributed by atoms with Gasteiger partial charge in [-0.25, -0.2) is 4.98 Å². The molecule has 1 N–H and O–H groups in total. The second-order valence-electron chi connectivity index (χ2n) is 7.62. The number of aryl methyl sites for hydroxylation is 1. The zero-order valence-corrected chi connectivity index (χ0v) is 13.9. The van der Waals surface area contributed by atoms with E-state index < -0.39 is 0 Å². The standard InChI is InChI=1S/C18H22N4O2/c1-10-6-13(9-24-10)18(23)22-7-14(11-2-3-11)15(8-22)17-19-16(20-21-17)12-4-5-12/h6,9,11-12,14-15H,2-5,7-8H2,1H3,(H,19,20,21)/t14-,15+/m1/s1. The molecule has 2 aliphatic carbocycles. The quantitative estimate of drug-likeness (QED) is 0.937. The normalized spacial score (nSPS) is 27.0. The Balaban J connectivity index is 1.38. The summed E-state index contributed by atoms with van der Waals surface area (Å²) in [6.45, 7) is 3.41. The Bertz CT molecular complexity index is 772. The van der Waals surface area contributed by atoms with Gasteiger partial charge in [-0.15, -0.1) is 0 Å². The van der Waals surface area contributed by atoms with E-state index in [1.807, 2.05) is 17.9 Å². The van der Waals surface area contributed by atoms with Crippen LogP contribution in [0.25, 0.3) is 0 Å². The Morgan fingerprint density at radius 1 is 1.29 bits per heavy atom. The summed E-state index contributed by atoms with van der Waals surface area (Å²) in [5.41, 5.74) is 0.652. The molecular formula is C18H22N4O2. The first-order chi connectivity index (χ1) is 11.7. The van der Waals surface area contributed by atoms with E-state index in [-0.39, 0.29) is 11.8 Å². The lowest BCUT2D eigenvalue weighted by molar-refractivity contribution is 0.0784. The van der Waals surface area contributed by atoms with Gasteiger partial charge in [0.25, 0.3) is 5.91 Å². The van der Waals surface area contributed by atoms with Crippen LogP contribution in [-0.2, 0) is 0 Å². The number of amides is 1. The monoisotopic (exact) mass is 326 g/mol. The van der Waals surface area contributed by atoms with Gasteiger partial charge in [-0.05, 0) is 50.5 Å². The lowest BCUT2D eigenvalue weighted by Gasteiger charge is -2.14. The van der Waals surface area contributed by atoms with Crippen LogP contribution in [0, 0.1) is 18.8 Å². The first-order valence-electron chi connectivity index (χ1n) is 8.95. The van der Waals surface area contributed by atoms with Crippen molar-refractivity contribution in [2.24, 2.45) is 11.8 Å². The summed E-state index contributed by atoms with van der Waals surface area (Å²) in [5, 5.41) is 7.58. The van der Waals surface area contributed by atoms with Gasteiger partial charge in [-0.2, -0.15) is 5.10 Å². The number of carbonyl (C=O) groups excluding carboxylic acids is 1. The van der Waals surface area contributed by atoms with Gasteiger partial charge >= 0.3 is 0 Å². The Morgan fingerprint density at radius 2 is 2.12 bits per heavy atom. The summed E-state index contributed by atoms with van der Waals surface area (Å²) in [6.07, 6.45) is 6.53. The molecule has 2 atom stereocenters. The molecule has 0 unspecified atom stereocenters. The molecule has 6 nitrogen and oxygen atoms in total. The van der Waals surface area contributed by atoms with Gasteiger partial charge < -0.3 is 9.32 Å². The number of furan rings is 1. The Morgan fingerprint density at radius 3 is 2.79 bits per heavy atom. The van der Waals surface area contributed by atoms with Crippen LogP contribution in [-0.4, -0.2) is 39.1 Å². The van der Waals surface area contributed by atoms with Gasteiger partial charge in [-0.3, -0.25) is 9.89 Å². The summed E-state index contributed by atoms with van der Waals surface area (Å²) in [6, 6.07) is 1.82. The minimum absolute atomic E-state index is 0.0712. The molecule has 24 heavy (non-hydrogen) atoms. The van der Waals surface area contributed by atoms with E-state index in [9.17, 15) is 4.79 Å². The van der Waals surface area contributed by atoms with Crippen LogP contribution in [0.3, 0.4) is 0 Å². The number of H-pyrrole nitrogens is 1. The van der Waals surface area contributed by atoms with Gasteiger partial charge in [0.2, 0.25) is 0 Å². The van der Waals surface area contributed by atoms with Gasteiger partial charge in [-0.1, -0.05) is 0 Å². The highest BCUT2D eigenvalue weighted by Crippen LogP contribution is 2.47. The second-order valence-corrected chi connectivity index (χ2v) is 7.62. The van der Waals surface area contributed by atoms with Crippen molar-refractivity contribution in [1.82, 2.24) is 20.1 Å². The molecule has 3 aliphatic rings. The van der Waals surface area contributed by atoms with Crippen molar-refractivity contribution >= 4 is 5.91 Å². The van der Waals surface area contributed by atoms with E-state index in [0.29, 0.717) is 17.4 Å². The molecule has 1 aliphatic heterocycles. The predicted octanol–water partition coefficient (Wildman–Crippen LogP) is 2.85. The minimum Gasteiger partial charge on any atom is -0.469 e. The zero-order chi connectivity index (χ0) is 16.3. The number of aromatic nitrogens is 3. The molecule has 2 saturated carbocycles. The predicted molar refractivity (Wildman–Crippen MR) is 86.7 cm³/mol. The first-order valence-corrected chi connectivity index (χ1v) is 8.95. The fraction of sp³-hybridized carbons (Fsp3) is 0.611. The Kier molecular flexibility index (Phi) is 3.08. The number of hydrogen-bond acceptors (Lipinski definition) is 4. The summed E-state index contributed by atoms with van der Waals surface area (Å²) >= 11 is 0. The lowest BCUT2D eigenvalue weighted by atomic mass is 9.91. The van der Waals surface area contributed by atoms with Crippen LogP contribution in [0.15, 0.2) is 16.7 Å². The molecule has 0 radical (unpaired) electrons. The topological polar surface area (TPSA) is 75.0 Å². The van der Waals surface area contributed by atoms with Crippen molar-refractivity contribution in [2.45, 2.75) is 44.4 Å². The molecule has 126 valence electrons. The average molecular weight is 326 g/mol. The second kappa shape index (κ2) is 5.19. The SMILES string of the molecule is Cc1cc(C(=O)N2C[C@H](c3nc(C4CC4)n[nH]3)[C@@H](C3CC3)C2)co1. The molecule has 0 aromatic carbocycles.